The quantitative estimate of drug-likeness (QED) is 0.812. The van der Waals surface area contributed by atoms with Crippen LogP contribution in [0.1, 0.15) is 24.8 Å². The van der Waals surface area contributed by atoms with Gasteiger partial charge in [-0.15, -0.1) is 0 Å². The van der Waals surface area contributed by atoms with Crippen LogP contribution in [-0.2, 0) is 15.8 Å². The maximum absolute atomic E-state index is 11.0. The Morgan fingerprint density at radius 3 is 2.53 bits per heavy atom. The number of rotatable bonds is 5. The topological polar surface area (TPSA) is 72.2 Å². The third-order valence-electron chi connectivity index (χ3n) is 3.29. The summed E-state index contributed by atoms with van der Waals surface area (Å²) >= 11 is 0. The molecule has 4 nitrogen and oxygen atoms in total. The van der Waals surface area contributed by atoms with Gasteiger partial charge >= 0.3 is 0 Å². The summed E-state index contributed by atoms with van der Waals surface area (Å²) in [6.45, 7) is 0.957. The smallest absolute Gasteiger partial charge is 0.213 e. The molecule has 0 spiro atoms. The number of hydrogen-bond acceptors (Lipinski definition) is 3. The van der Waals surface area contributed by atoms with Crippen molar-refractivity contribution in [3.8, 4) is 0 Å². The Morgan fingerprint density at radius 2 is 1.95 bits per heavy atom. The Kier molecular flexibility index (Phi) is 4.61. The first-order valence-corrected chi connectivity index (χ1v) is 8.23. The number of nitrogens with one attached hydrogen (secondary N) is 1. The second-order valence-corrected chi connectivity index (χ2v) is 6.65. The van der Waals surface area contributed by atoms with E-state index in [-0.39, 0.29) is 5.75 Å². The standard InChI is InChI=1S/C14H20N2O2S/c15-19(17,18)11-13-6-8-14(9-7-13)16-10-12-4-2-1-3-5-12/h1-2,6-9,12,16H,3-5,10-11H2,(H2,15,17,18). The largest absolute Gasteiger partial charge is 0.385 e. The lowest BCUT2D eigenvalue weighted by Crippen LogP contribution is -2.16. The Hall–Kier alpha value is -1.33. The predicted octanol–water partition coefficient (Wildman–Crippen LogP) is 2.24. The average molecular weight is 280 g/mol. The first-order valence-electron chi connectivity index (χ1n) is 6.51. The van der Waals surface area contributed by atoms with Crippen molar-refractivity contribution < 1.29 is 8.42 Å². The molecule has 19 heavy (non-hydrogen) atoms. The molecule has 0 bridgehead atoms. The number of anilines is 1. The molecule has 0 radical (unpaired) electrons. The molecule has 0 saturated heterocycles. The second-order valence-electron chi connectivity index (χ2n) is 5.04. The van der Waals surface area contributed by atoms with Gasteiger partial charge in [-0.1, -0.05) is 24.3 Å². The molecule has 1 aliphatic carbocycles. The van der Waals surface area contributed by atoms with Crippen molar-refractivity contribution in [2.45, 2.75) is 25.0 Å². The van der Waals surface area contributed by atoms with Crippen LogP contribution in [0.25, 0.3) is 0 Å². The van der Waals surface area contributed by atoms with Gasteiger partial charge in [0.05, 0.1) is 5.75 Å². The molecule has 1 aliphatic rings. The third kappa shape index (κ3) is 5.04. The van der Waals surface area contributed by atoms with Gasteiger partial charge in [-0.25, -0.2) is 13.6 Å². The summed E-state index contributed by atoms with van der Waals surface area (Å²) in [6, 6.07) is 7.40. The third-order valence-corrected chi connectivity index (χ3v) is 4.03. The minimum Gasteiger partial charge on any atom is -0.385 e. The summed E-state index contributed by atoms with van der Waals surface area (Å²) < 4.78 is 21.9. The lowest BCUT2D eigenvalue weighted by atomic mass is 9.94. The van der Waals surface area contributed by atoms with Gasteiger partial charge in [0.15, 0.2) is 0 Å². The Bertz CT molecular complexity index is 535. The highest BCUT2D eigenvalue weighted by molar-refractivity contribution is 7.88. The highest BCUT2D eigenvalue weighted by atomic mass is 32.2. The van der Waals surface area contributed by atoms with E-state index in [2.05, 4.69) is 17.5 Å². The SMILES string of the molecule is NS(=O)(=O)Cc1ccc(NCC2CC=CCC2)cc1. The zero-order chi connectivity index (χ0) is 13.7. The molecule has 1 atom stereocenters. The molecule has 5 heteroatoms. The minimum atomic E-state index is -3.45. The van der Waals surface area contributed by atoms with E-state index in [0.717, 1.165) is 18.7 Å². The van der Waals surface area contributed by atoms with Crippen LogP contribution < -0.4 is 10.5 Å². The van der Waals surface area contributed by atoms with E-state index in [9.17, 15) is 8.42 Å². The van der Waals surface area contributed by atoms with Crippen molar-refractivity contribution in [1.82, 2.24) is 0 Å². The number of benzene rings is 1. The van der Waals surface area contributed by atoms with Gasteiger partial charge in [0.1, 0.15) is 0 Å². The summed E-state index contributed by atoms with van der Waals surface area (Å²) in [6.07, 6.45) is 8.01. The van der Waals surface area contributed by atoms with Crippen molar-refractivity contribution in [3.05, 3.63) is 42.0 Å². The molecule has 0 aromatic heterocycles. The van der Waals surface area contributed by atoms with E-state index in [1.807, 2.05) is 12.1 Å². The number of hydrogen-bond donors (Lipinski definition) is 2. The normalized spacial score (nSPS) is 19.3. The van der Waals surface area contributed by atoms with Crippen LogP contribution in [0.4, 0.5) is 5.69 Å². The molecule has 3 N–H and O–H groups in total. The molecule has 2 rings (SSSR count). The monoisotopic (exact) mass is 280 g/mol. The second kappa shape index (κ2) is 6.21. The molecule has 0 heterocycles. The van der Waals surface area contributed by atoms with E-state index >= 15 is 0 Å². The van der Waals surface area contributed by atoms with Gasteiger partial charge in [0.25, 0.3) is 0 Å². The highest BCUT2D eigenvalue weighted by Crippen LogP contribution is 2.19. The average Bonchev–Trinajstić information content (AvgIpc) is 2.37. The van der Waals surface area contributed by atoms with Gasteiger partial charge in [-0.2, -0.15) is 0 Å². The fourth-order valence-electron chi connectivity index (χ4n) is 2.26. The Morgan fingerprint density at radius 1 is 1.21 bits per heavy atom. The van der Waals surface area contributed by atoms with Crippen molar-refractivity contribution in [2.24, 2.45) is 11.1 Å². The number of primary sulfonamides is 1. The van der Waals surface area contributed by atoms with Crippen molar-refractivity contribution >= 4 is 15.7 Å². The Labute approximate surface area is 114 Å². The summed E-state index contributed by atoms with van der Waals surface area (Å²) in [4.78, 5) is 0. The van der Waals surface area contributed by atoms with Gasteiger partial charge in [0, 0.05) is 12.2 Å². The lowest BCUT2D eigenvalue weighted by molar-refractivity contribution is 0.504. The van der Waals surface area contributed by atoms with E-state index in [4.69, 9.17) is 5.14 Å². The van der Waals surface area contributed by atoms with Crippen LogP contribution in [0.3, 0.4) is 0 Å². The Balaban J connectivity index is 1.86. The summed E-state index contributed by atoms with van der Waals surface area (Å²) in [7, 11) is -3.45. The fraction of sp³-hybridized carbons (Fsp3) is 0.429. The summed E-state index contributed by atoms with van der Waals surface area (Å²) in [5.41, 5.74) is 1.74. The first-order chi connectivity index (χ1) is 9.03. The minimum absolute atomic E-state index is 0.110. The van der Waals surface area contributed by atoms with Crippen molar-refractivity contribution in [3.63, 3.8) is 0 Å². The zero-order valence-corrected chi connectivity index (χ0v) is 11.7. The van der Waals surface area contributed by atoms with E-state index in [0.29, 0.717) is 11.5 Å². The molecule has 1 aromatic carbocycles. The van der Waals surface area contributed by atoms with Crippen LogP contribution in [-0.4, -0.2) is 15.0 Å². The highest BCUT2D eigenvalue weighted by Gasteiger charge is 2.09. The molecular formula is C14H20N2O2S. The first kappa shape index (κ1) is 14.1. The van der Waals surface area contributed by atoms with Crippen LogP contribution in [0, 0.1) is 5.92 Å². The van der Waals surface area contributed by atoms with Crippen LogP contribution >= 0.6 is 0 Å². The molecule has 1 aromatic rings. The van der Waals surface area contributed by atoms with E-state index < -0.39 is 10.0 Å². The molecule has 1 unspecified atom stereocenters. The summed E-state index contributed by atoms with van der Waals surface area (Å²) in [5, 5.41) is 8.40. The van der Waals surface area contributed by atoms with Gasteiger partial charge < -0.3 is 5.32 Å². The molecule has 0 amide bonds. The van der Waals surface area contributed by atoms with Gasteiger partial charge in [0.2, 0.25) is 10.0 Å². The number of allylic oxidation sites excluding steroid dienone is 2. The van der Waals surface area contributed by atoms with E-state index in [1.165, 1.54) is 12.8 Å². The summed E-state index contributed by atoms with van der Waals surface area (Å²) in [5.74, 6) is 0.579. The molecule has 0 aliphatic heterocycles. The fourth-order valence-corrected chi connectivity index (χ4v) is 2.91. The maximum Gasteiger partial charge on any atom is 0.213 e. The number of sulfonamides is 1. The van der Waals surface area contributed by atoms with Crippen molar-refractivity contribution in [1.29, 1.82) is 0 Å². The lowest BCUT2D eigenvalue weighted by Gasteiger charge is -2.18. The van der Waals surface area contributed by atoms with E-state index in [1.54, 1.807) is 12.1 Å². The zero-order valence-electron chi connectivity index (χ0n) is 10.9. The molecule has 0 fully saturated rings. The van der Waals surface area contributed by atoms with Crippen LogP contribution in [0.5, 0.6) is 0 Å². The molecule has 104 valence electrons. The molecular weight excluding hydrogens is 260 g/mol. The maximum atomic E-state index is 11.0. The van der Waals surface area contributed by atoms with Gasteiger partial charge in [-0.3, -0.25) is 0 Å². The predicted molar refractivity (Wildman–Crippen MR) is 78.2 cm³/mol. The van der Waals surface area contributed by atoms with Crippen LogP contribution in [0.15, 0.2) is 36.4 Å². The molecule has 0 saturated carbocycles. The van der Waals surface area contributed by atoms with Gasteiger partial charge in [-0.05, 0) is 42.9 Å². The van der Waals surface area contributed by atoms with Crippen molar-refractivity contribution in [2.75, 3.05) is 11.9 Å². The van der Waals surface area contributed by atoms with Crippen LogP contribution in [0.2, 0.25) is 0 Å². The number of nitrogens with two attached hydrogens (primary N) is 1.